The first-order valence-corrected chi connectivity index (χ1v) is 6.79. The first-order chi connectivity index (χ1) is 8.50. The molecule has 0 aromatic carbocycles. The first-order valence-electron chi connectivity index (χ1n) is 6.79. The fourth-order valence-electron chi connectivity index (χ4n) is 2.87. The minimum absolute atomic E-state index is 0.399. The normalized spacial score (nSPS) is 24.8. The predicted octanol–water partition coefficient (Wildman–Crippen LogP) is 3.61. The summed E-state index contributed by atoms with van der Waals surface area (Å²) in [4.78, 5) is 19.4. The van der Waals surface area contributed by atoms with Gasteiger partial charge in [-0.1, -0.05) is 20.8 Å². The number of nitrogens with zero attached hydrogens (tertiary/aromatic N) is 2. The molecule has 1 saturated carbocycles. The maximum absolute atomic E-state index is 10.7. The third kappa shape index (κ3) is 2.95. The number of rotatable bonds is 2. The van der Waals surface area contributed by atoms with Crippen LogP contribution in [-0.2, 0) is 0 Å². The van der Waals surface area contributed by atoms with Crippen molar-refractivity contribution in [3.05, 3.63) is 23.8 Å². The summed E-state index contributed by atoms with van der Waals surface area (Å²) in [5.41, 5.74) is 0.897. The summed E-state index contributed by atoms with van der Waals surface area (Å²) < 4.78 is 0. The second-order valence-electron chi connectivity index (χ2n) is 6.37. The summed E-state index contributed by atoms with van der Waals surface area (Å²) in [6.07, 6.45) is 7.26. The molecule has 0 radical (unpaired) electrons. The van der Waals surface area contributed by atoms with E-state index in [1.165, 1.54) is 12.8 Å². The average molecular weight is 246 g/mol. The molecule has 1 heterocycles. The van der Waals surface area contributed by atoms with Gasteiger partial charge in [-0.25, -0.2) is 9.97 Å². The summed E-state index contributed by atoms with van der Waals surface area (Å²) in [5, 5.41) is 0. The zero-order valence-electron chi connectivity index (χ0n) is 11.5. The molecule has 2 rings (SSSR count). The molecular weight excluding hydrogens is 224 g/mol. The number of hydrogen-bond acceptors (Lipinski definition) is 3. The second kappa shape index (κ2) is 5.17. The van der Waals surface area contributed by atoms with Crippen LogP contribution < -0.4 is 0 Å². The van der Waals surface area contributed by atoms with E-state index < -0.39 is 0 Å². The highest BCUT2D eigenvalue weighted by Crippen LogP contribution is 2.42. The number of carbonyl (C=O) groups is 1. The van der Waals surface area contributed by atoms with Crippen LogP contribution in [0.25, 0.3) is 0 Å². The first kappa shape index (κ1) is 13.2. The Bertz CT molecular complexity index is 415. The van der Waals surface area contributed by atoms with Crippen LogP contribution in [0.3, 0.4) is 0 Å². The summed E-state index contributed by atoms with van der Waals surface area (Å²) in [5.74, 6) is 2.08. The molecule has 0 unspecified atom stereocenters. The van der Waals surface area contributed by atoms with Crippen molar-refractivity contribution in [2.75, 3.05) is 0 Å². The number of carbonyl (C=O) groups excluding carboxylic acids is 1. The van der Waals surface area contributed by atoms with E-state index in [0.29, 0.717) is 17.0 Å². The molecule has 1 aliphatic carbocycles. The van der Waals surface area contributed by atoms with E-state index in [1.54, 1.807) is 12.3 Å². The standard InChI is InChI=1S/C15H22N2O/c1-15(2,3)12-6-4-11(5-7-12)14-16-9-8-13(10-18)17-14/h8-12H,4-7H2,1-3H3. The van der Waals surface area contributed by atoms with Crippen molar-refractivity contribution in [3.63, 3.8) is 0 Å². The maximum atomic E-state index is 10.7. The van der Waals surface area contributed by atoms with E-state index >= 15 is 0 Å². The number of aromatic nitrogens is 2. The topological polar surface area (TPSA) is 42.9 Å². The molecule has 0 amide bonds. The lowest BCUT2D eigenvalue weighted by Gasteiger charge is -2.36. The van der Waals surface area contributed by atoms with Crippen molar-refractivity contribution in [1.82, 2.24) is 9.97 Å². The molecule has 0 spiro atoms. The maximum Gasteiger partial charge on any atom is 0.168 e. The van der Waals surface area contributed by atoms with E-state index in [1.807, 2.05) is 0 Å². The molecule has 1 aliphatic rings. The summed E-state index contributed by atoms with van der Waals surface area (Å²) in [7, 11) is 0. The van der Waals surface area contributed by atoms with Crippen LogP contribution in [-0.4, -0.2) is 16.3 Å². The minimum atomic E-state index is 0.399. The van der Waals surface area contributed by atoms with Crippen LogP contribution in [0.5, 0.6) is 0 Å². The van der Waals surface area contributed by atoms with Crippen LogP contribution in [0.2, 0.25) is 0 Å². The van der Waals surface area contributed by atoms with Gasteiger partial charge in [0.2, 0.25) is 0 Å². The van der Waals surface area contributed by atoms with Gasteiger partial charge >= 0.3 is 0 Å². The van der Waals surface area contributed by atoms with Gasteiger partial charge < -0.3 is 0 Å². The summed E-state index contributed by atoms with van der Waals surface area (Å²) >= 11 is 0. The molecule has 1 aromatic rings. The van der Waals surface area contributed by atoms with Gasteiger partial charge in [0, 0.05) is 12.1 Å². The highest BCUT2D eigenvalue weighted by atomic mass is 16.1. The summed E-state index contributed by atoms with van der Waals surface area (Å²) in [6.45, 7) is 6.96. The largest absolute Gasteiger partial charge is 0.296 e. The van der Waals surface area contributed by atoms with E-state index in [0.717, 1.165) is 30.9 Å². The number of hydrogen-bond donors (Lipinski definition) is 0. The Balaban J connectivity index is 2.03. The second-order valence-corrected chi connectivity index (χ2v) is 6.37. The molecule has 0 atom stereocenters. The molecule has 1 aromatic heterocycles. The Kier molecular flexibility index (Phi) is 3.79. The lowest BCUT2D eigenvalue weighted by molar-refractivity contribution is 0.111. The van der Waals surface area contributed by atoms with Crippen LogP contribution in [0.1, 0.15) is 68.7 Å². The van der Waals surface area contributed by atoms with Gasteiger partial charge in [0.25, 0.3) is 0 Å². The molecule has 0 saturated heterocycles. The van der Waals surface area contributed by atoms with Gasteiger partial charge in [-0.2, -0.15) is 0 Å². The lowest BCUT2D eigenvalue weighted by atomic mass is 9.70. The van der Waals surface area contributed by atoms with Gasteiger partial charge in [-0.3, -0.25) is 4.79 Å². The highest BCUT2D eigenvalue weighted by molar-refractivity contribution is 5.71. The molecule has 18 heavy (non-hydrogen) atoms. The molecule has 3 heteroatoms. The third-order valence-corrected chi connectivity index (χ3v) is 4.13. The smallest absolute Gasteiger partial charge is 0.168 e. The van der Waals surface area contributed by atoms with Crippen molar-refractivity contribution in [1.29, 1.82) is 0 Å². The molecule has 3 nitrogen and oxygen atoms in total. The molecular formula is C15H22N2O. The minimum Gasteiger partial charge on any atom is -0.296 e. The predicted molar refractivity (Wildman–Crippen MR) is 71.6 cm³/mol. The van der Waals surface area contributed by atoms with Crippen LogP contribution >= 0.6 is 0 Å². The van der Waals surface area contributed by atoms with Crippen LogP contribution in [0.15, 0.2) is 12.3 Å². The average Bonchev–Trinajstić information content (AvgIpc) is 2.38. The molecule has 0 aliphatic heterocycles. The third-order valence-electron chi connectivity index (χ3n) is 4.13. The Hall–Kier alpha value is -1.25. The van der Waals surface area contributed by atoms with E-state index in [9.17, 15) is 4.79 Å². The fraction of sp³-hybridized carbons (Fsp3) is 0.667. The van der Waals surface area contributed by atoms with Crippen molar-refractivity contribution in [2.24, 2.45) is 11.3 Å². The van der Waals surface area contributed by atoms with Crippen molar-refractivity contribution >= 4 is 6.29 Å². The molecule has 0 bridgehead atoms. The Morgan fingerprint density at radius 2 is 1.89 bits per heavy atom. The van der Waals surface area contributed by atoms with Crippen LogP contribution in [0, 0.1) is 11.3 Å². The van der Waals surface area contributed by atoms with E-state index in [4.69, 9.17) is 0 Å². The number of aldehydes is 1. The summed E-state index contributed by atoms with van der Waals surface area (Å²) in [6, 6.07) is 1.66. The van der Waals surface area contributed by atoms with E-state index in [-0.39, 0.29) is 0 Å². The monoisotopic (exact) mass is 246 g/mol. The zero-order chi connectivity index (χ0) is 13.2. The lowest BCUT2D eigenvalue weighted by Crippen LogP contribution is -2.25. The van der Waals surface area contributed by atoms with Gasteiger partial charge in [0.05, 0.1) is 0 Å². The Morgan fingerprint density at radius 1 is 1.22 bits per heavy atom. The van der Waals surface area contributed by atoms with Gasteiger partial charge in [-0.05, 0) is 43.1 Å². The van der Waals surface area contributed by atoms with E-state index in [2.05, 4.69) is 30.7 Å². The van der Waals surface area contributed by atoms with Gasteiger partial charge in [-0.15, -0.1) is 0 Å². The Morgan fingerprint density at radius 3 is 2.44 bits per heavy atom. The quantitative estimate of drug-likeness (QED) is 0.749. The zero-order valence-corrected chi connectivity index (χ0v) is 11.5. The molecule has 98 valence electrons. The van der Waals surface area contributed by atoms with Crippen molar-refractivity contribution < 1.29 is 4.79 Å². The van der Waals surface area contributed by atoms with Crippen molar-refractivity contribution in [2.45, 2.75) is 52.4 Å². The highest BCUT2D eigenvalue weighted by Gasteiger charge is 2.31. The van der Waals surface area contributed by atoms with Crippen molar-refractivity contribution in [3.8, 4) is 0 Å². The van der Waals surface area contributed by atoms with Crippen LogP contribution in [0.4, 0.5) is 0 Å². The Labute approximate surface area is 109 Å². The molecule has 1 fully saturated rings. The SMILES string of the molecule is CC(C)(C)C1CCC(c2nccc(C=O)n2)CC1. The molecule has 0 N–H and O–H groups in total. The van der Waals surface area contributed by atoms with Gasteiger partial charge in [0.15, 0.2) is 6.29 Å². The fourth-order valence-corrected chi connectivity index (χ4v) is 2.87. The van der Waals surface area contributed by atoms with Gasteiger partial charge in [0.1, 0.15) is 11.5 Å².